The van der Waals surface area contributed by atoms with Crippen LogP contribution >= 0.6 is 0 Å². The van der Waals surface area contributed by atoms with Crippen LogP contribution in [0.1, 0.15) is 27.7 Å². The molecule has 21 heavy (non-hydrogen) atoms. The number of benzene rings is 1. The molecule has 0 heterocycles. The quantitative estimate of drug-likeness (QED) is 0.723. The fraction of sp³-hybridized carbons (Fsp3) is 0.533. The topological polar surface area (TPSA) is 63.7 Å². The van der Waals surface area contributed by atoms with Crippen molar-refractivity contribution in [1.29, 1.82) is 0 Å². The Morgan fingerprint density at radius 1 is 1.19 bits per heavy atom. The van der Waals surface area contributed by atoms with E-state index in [1.54, 1.807) is 38.1 Å². The van der Waals surface area contributed by atoms with Crippen molar-refractivity contribution in [3.8, 4) is 0 Å². The van der Waals surface area contributed by atoms with Crippen molar-refractivity contribution in [2.45, 2.75) is 38.6 Å². The molecule has 0 spiro atoms. The summed E-state index contributed by atoms with van der Waals surface area (Å²) >= 11 is 0. The first-order valence-electron chi connectivity index (χ1n) is 7.06. The van der Waals surface area contributed by atoms with Gasteiger partial charge in [-0.05, 0) is 45.0 Å². The minimum atomic E-state index is -3.20. The van der Waals surface area contributed by atoms with Crippen LogP contribution in [-0.2, 0) is 19.4 Å². The lowest BCUT2D eigenvalue weighted by Gasteiger charge is -2.28. The van der Waals surface area contributed by atoms with Gasteiger partial charge in [0, 0.05) is 11.7 Å². The summed E-state index contributed by atoms with van der Waals surface area (Å²) < 4.78 is 28.5. The van der Waals surface area contributed by atoms with Crippen molar-refractivity contribution < 1.29 is 17.9 Å². The normalized spacial score (nSPS) is 11.5. The summed E-state index contributed by atoms with van der Waals surface area (Å²) in [6.07, 6.45) is 0. The third-order valence-corrected chi connectivity index (χ3v) is 4.89. The van der Waals surface area contributed by atoms with Gasteiger partial charge in [0.05, 0.1) is 17.3 Å². The van der Waals surface area contributed by atoms with Gasteiger partial charge in [-0.25, -0.2) is 8.42 Å². The predicted octanol–water partition coefficient (Wildman–Crippen LogP) is 2.26. The minimum Gasteiger partial charge on any atom is -0.465 e. The third-order valence-electron chi connectivity index (χ3n) is 3.14. The van der Waals surface area contributed by atoms with Gasteiger partial charge in [-0.3, -0.25) is 4.79 Å². The van der Waals surface area contributed by atoms with E-state index in [-0.39, 0.29) is 24.3 Å². The molecule has 0 fully saturated rings. The van der Waals surface area contributed by atoms with E-state index in [2.05, 4.69) is 0 Å². The van der Waals surface area contributed by atoms with Crippen molar-refractivity contribution in [3.63, 3.8) is 0 Å². The number of carbonyl (C=O) groups is 1. The maximum atomic E-state index is 11.8. The average molecular weight is 313 g/mol. The molecule has 0 saturated carbocycles. The zero-order valence-corrected chi connectivity index (χ0v) is 13.8. The molecule has 0 aromatic heterocycles. The molecule has 0 saturated heterocycles. The summed E-state index contributed by atoms with van der Waals surface area (Å²) in [6.45, 7) is 7.81. The number of sulfone groups is 1. The molecular formula is C15H23NO4S. The van der Waals surface area contributed by atoms with Crippen molar-refractivity contribution in [3.05, 3.63) is 24.3 Å². The molecule has 0 amide bonds. The Balaban J connectivity index is 2.98. The zero-order valence-electron chi connectivity index (χ0n) is 13.0. The Kier molecular flexibility index (Phi) is 6.20. The highest BCUT2D eigenvalue weighted by molar-refractivity contribution is 7.91. The highest BCUT2D eigenvalue weighted by Gasteiger charge is 2.17. The van der Waals surface area contributed by atoms with Crippen LogP contribution in [0.3, 0.4) is 0 Å². The molecule has 6 heteroatoms. The minimum absolute atomic E-state index is 0.0725. The molecular weight excluding hydrogens is 290 g/mol. The second kappa shape index (κ2) is 7.45. The Morgan fingerprint density at radius 3 is 2.19 bits per heavy atom. The summed E-state index contributed by atoms with van der Waals surface area (Å²) in [5, 5.41) is 0. The summed E-state index contributed by atoms with van der Waals surface area (Å²) in [4.78, 5) is 13.8. The maximum Gasteiger partial charge on any atom is 0.325 e. The van der Waals surface area contributed by atoms with Gasteiger partial charge < -0.3 is 9.64 Å². The predicted molar refractivity (Wildman–Crippen MR) is 83.3 cm³/mol. The summed E-state index contributed by atoms with van der Waals surface area (Å²) in [5.41, 5.74) is 0.799. The van der Waals surface area contributed by atoms with E-state index >= 15 is 0 Å². The molecule has 1 aromatic rings. The number of hydrogen-bond donors (Lipinski definition) is 0. The number of hydrogen-bond acceptors (Lipinski definition) is 5. The second-order valence-corrected chi connectivity index (χ2v) is 7.20. The van der Waals surface area contributed by atoms with E-state index < -0.39 is 9.84 Å². The maximum absolute atomic E-state index is 11.8. The molecule has 0 radical (unpaired) electrons. The molecule has 5 nitrogen and oxygen atoms in total. The van der Waals surface area contributed by atoms with Gasteiger partial charge in [-0.2, -0.15) is 0 Å². The fourth-order valence-electron chi connectivity index (χ4n) is 1.93. The summed E-state index contributed by atoms with van der Waals surface area (Å²) in [5.74, 6) is -0.222. The van der Waals surface area contributed by atoms with Crippen molar-refractivity contribution in [2.75, 3.05) is 23.8 Å². The van der Waals surface area contributed by atoms with Crippen LogP contribution in [0.25, 0.3) is 0 Å². The largest absolute Gasteiger partial charge is 0.465 e. The number of anilines is 1. The zero-order chi connectivity index (χ0) is 16.0. The Labute approximate surface area is 126 Å². The van der Waals surface area contributed by atoms with Crippen LogP contribution in [0.4, 0.5) is 5.69 Å². The molecule has 0 aliphatic rings. The first-order chi connectivity index (χ1) is 9.81. The fourth-order valence-corrected chi connectivity index (χ4v) is 2.81. The Bertz CT molecular complexity index is 564. The van der Waals surface area contributed by atoms with Gasteiger partial charge in [-0.1, -0.05) is 6.92 Å². The van der Waals surface area contributed by atoms with E-state index in [1.807, 2.05) is 18.7 Å². The van der Waals surface area contributed by atoms with Gasteiger partial charge in [0.2, 0.25) is 0 Å². The molecule has 0 aliphatic carbocycles. The molecule has 0 unspecified atom stereocenters. The highest BCUT2D eigenvalue weighted by Crippen LogP contribution is 2.20. The van der Waals surface area contributed by atoms with Gasteiger partial charge >= 0.3 is 5.97 Å². The Morgan fingerprint density at radius 2 is 1.76 bits per heavy atom. The van der Waals surface area contributed by atoms with Crippen LogP contribution in [0.15, 0.2) is 29.2 Å². The van der Waals surface area contributed by atoms with E-state index in [4.69, 9.17) is 4.74 Å². The van der Waals surface area contributed by atoms with Crippen LogP contribution < -0.4 is 4.90 Å². The monoisotopic (exact) mass is 313 g/mol. The van der Waals surface area contributed by atoms with Crippen LogP contribution in [0.2, 0.25) is 0 Å². The van der Waals surface area contributed by atoms with Crippen LogP contribution in [0, 0.1) is 0 Å². The van der Waals surface area contributed by atoms with E-state index in [0.717, 1.165) is 5.69 Å². The lowest BCUT2D eigenvalue weighted by Crippen LogP contribution is -2.36. The number of ether oxygens (including phenoxy) is 1. The van der Waals surface area contributed by atoms with Crippen LogP contribution in [0.5, 0.6) is 0 Å². The number of carbonyl (C=O) groups excluding carboxylic acids is 1. The van der Waals surface area contributed by atoms with Crippen molar-refractivity contribution >= 4 is 21.5 Å². The van der Waals surface area contributed by atoms with E-state index in [9.17, 15) is 13.2 Å². The van der Waals surface area contributed by atoms with Gasteiger partial charge in [0.25, 0.3) is 0 Å². The van der Waals surface area contributed by atoms with Crippen molar-refractivity contribution in [2.24, 2.45) is 0 Å². The standard InChI is InChI=1S/C15H23NO4S/c1-5-20-15(17)11-16(12(3)4)13-7-9-14(10-8-13)21(18,19)6-2/h7-10,12H,5-6,11H2,1-4H3. The molecule has 0 atom stereocenters. The second-order valence-electron chi connectivity index (χ2n) is 4.92. The molecule has 1 aromatic carbocycles. The summed E-state index contributed by atoms with van der Waals surface area (Å²) in [6, 6.07) is 6.70. The van der Waals surface area contributed by atoms with E-state index in [0.29, 0.717) is 11.5 Å². The first kappa shape index (κ1) is 17.5. The van der Waals surface area contributed by atoms with Gasteiger partial charge in [0.1, 0.15) is 6.54 Å². The third kappa shape index (κ3) is 4.74. The molecule has 118 valence electrons. The molecule has 0 bridgehead atoms. The van der Waals surface area contributed by atoms with Gasteiger partial charge in [0.15, 0.2) is 9.84 Å². The van der Waals surface area contributed by atoms with E-state index in [1.165, 1.54) is 0 Å². The van der Waals surface area contributed by atoms with Crippen molar-refractivity contribution in [1.82, 2.24) is 0 Å². The lowest BCUT2D eigenvalue weighted by molar-refractivity contribution is -0.141. The molecule has 1 rings (SSSR count). The summed E-state index contributed by atoms with van der Waals surface area (Å²) in [7, 11) is -3.20. The number of rotatable bonds is 7. The SMILES string of the molecule is CCOC(=O)CN(c1ccc(S(=O)(=O)CC)cc1)C(C)C. The first-order valence-corrected chi connectivity index (χ1v) is 8.72. The molecule has 0 aliphatic heterocycles. The van der Waals surface area contributed by atoms with Crippen LogP contribution in [-0.4, -0.2) is 39.3 Å². The Hall–Kier alpha value is -1.56. The average Bonchev–Trinajstić information content (AvgIpc) is 2.45. The smallest absolute Gasteiger partial charge is 0.325 e. The number of esters is 1. The number of nitrogens with zero attached hydrogens (tertiary/aromatic N) is 1. The molecule has 0 N–H and O–H groups in total. The lowest BCUT2D eigenvalue weighted by atomic mass is 10.2. The van der Waals surface area contributed by atoms with Gasteiger partial charge in [-0.15, -0.1) is 0 Å². The highest BCUT2D eigenvalue weighted by atomic mass is 32.2.